The minimum Gasteiger partial charge on any atom is -0.406 e. The molecule has 3 aromatic carbocycles. The summed E-state index contributed by atoms with van der Waals surface area (Å²) in [6.07, 6.45) is -4.73. The van der Waals surface area contributed by atoms with Gasteiger partial charge in [-0.3, -0.25) is 4.79 Å². The first-order valence-corrected chi connectivity index (χ1v) is 10.00. The van der Waals surface area contributed by atoms with Crippen molar-refractivity contribution in [3.63, 3.8) is 0 Å². The molecule has 0 spiro atoms. The summed E-state index contributed by atoms with van der Waals surface area (Å²) < 4.78 is 42.6. The fraction of sp³-hybridized carbons (Fsp3) is 0.167. The van der Waals surface area contributed by atoms with Gasteiger partial charge in [0.1, 0.15) is 11.4 Å². The van der Waals surface area contributed by atoms with Gasteiger partial charge in [0.15, 0.2) is 0 Å². The molecule has 1 aromatic heterocycles. The molecular formula is C24H18F3N3O2. The number of alkyl halides is 3. The van der Waals surface area contributed by atoms with Gasteiger partial charge in [-0.25, -0.2) is 4.98 Å². The highest BCUT2D eigenvalue weighted by molar-refractivity contribution is 5.82. The molecule has 0 aliphatic carbocycles. The third-order valence-corrected chi connectivity index (χ3v) is 5.69. The summed E-state index contributed by atoms with van der Waals surface area (Å²) in [5.74, 6) is -0.415. The molecule has 32 heavy (non-hydrogen) atoms. The summed E-state index contributed by atoms with van der Waals surface area (Å²) >= 11 is 0. The minimum atomic E-state index is -4.73. The van der Waals surface area contributed by atoms with Crippen molar-refractivity contribution in [3.8, 4) is 16.9 Å². The van der Waals surface area contributed by atoms with E-state index in [1.54, 1.807) is 23.7 Å². The molecule has 8 heteroatoms. The molecule has 0 radical (unpaired) electrons. The Morgan fingerprint density at radius 2 is 1.75 bits per heavy atom. The van der Waals surface area contributed by atoms with Gasteiger partial charge in [0.25, 0.3) is 5.56 Å². The van der Waals surface area contributed by atoms with E-state index in [1.165, 1.54) is 12.1 Å². The van der Waals surface area contributed by atoms with Crippen LogP contribution >= 0.6 is 0 Å². The second-order valence-corrected chi connectivity index (χ2v) is 7.66. The third-order valence-electron chi connectivity index (χ3n) is 5.69. The van der Waals surface area contributed by atoms with Crippen LogP contribution in [0.5, 0.6) is 5.75 Å². The van der Waals surface area contributed by atoms with Crippen LogP contribution in [0.1, 0.15) is 17.2 Å². The number of fused-ring (bicyclic) bond motifs is 2. The van der Waals surface area contributed by atoms with Crippen molar-refractivity contribution < 1.29 is 17.9 Å². The fourth-order valence-electron chi connectivity index (χ4n) is 4.13. The average Bonchev–Trinajstić information content (AvgIpc) is 3.19. The maximum atomic E-state index is 13.2. The molecular weight excluding hydrogens is 419 g/mol. The zero-order valence-corrected chi connectivity index (χ0v) is 17.0. The van der Waals surface area contributed by atoms with Crippen LogP contribution in [0.15, 0.2) is 71.5 Å². The van der Waals surface area contributed by atoms with Crippen molar-refractivity contribution >= 4 is 16.7 Å². The van der Waals surface area contributed by atoms with Crippen LogP contribution in [0.2, 0.25) is 0 Å². The summed E-state index contributed by atoms with van der Waals surface area (Å²) in [5, 5.41) is 3.32. The SMILES string of the molecule is Cn1c(=O)c(C2CNc3ccccc32)nc2ccc(-c3ccc(OC(F)(F)F)cc3)cc21. The summed E-state index contributed by atoms with van der Waals surface area (Å²) in [7, 11) is 1.70. The highest BCUT2D eigenvalue weighted by Crippen LogP contribution is 2.34. The number of ether oxygens (including phenoxy) is 1. The Morgan fingerprint density at radius 3 is 2.50 bits per heavy atom. The number of aryl methyl sites for hydroxylation is 1. The smallest absolute Gasteiger partial charge is 0.406 e. The maximum Gasteiger partial charge on any atom is 0.573 e. The Morgan fingerprint density at radius 1 is 1.03 bits per heavy atom. The molecule has 0 saturated heterocycles. The molecule has 2 heterocycles. The monoisotopic (exact) mass is 437 g/mol. The standard InChI is InChI=1S/C24H18F3N3O2/c1-30-21-12-15(14-6-9-16(10-7-14)32-24(25,26)27)8-11-20(21)29-22(23(30)31)18-13-28-19-5-3-2-4-17(18)19/h2-12,18,28H,13H2,1H3. The molecule has 4 aromatic rings. The summed E-state index contributed by atoms with van der Waals surface area (Å²) in [4.78, 5) is 17.8. The van der Waals surface area contributed by atoms with E-state index in [9.17, 15) is 18.0 Å². The van der Waals surface area contributed by atoms with E-state index in [0.29, 0.717) is 28.8 Å². The molecule has 5 nitrogen and oxygen atoms in total. The zero-order valence-electron chi connectivity index (χ0n) is 17.0. The van der Waals surface area contributed by atoms with Gasteiger partial charge in [0.05, 0.1) is 17.0 Å². The number of halogens is 3. The number of nitrogens with zero attached hydrogens (tertiary/aromatic N) is 2. The van der Waals surface area contributed by atoms with Crippen molar-refractivity contribution in [3.05, 3.63) is 88.3 Å². The van der Waals surface area contributed by atoms with Crippen molar-refractivity contribution in [2.45, 2.75) is 12.3 Å². The number of hydrogen-bond acceptors (Lipinski definition) is 4. The molecule has 162 valence electrons. The minimum absolute atomic E-state index is 0.129. The molecule has 0 amide bonds. The quantitative estimate of drug-likeness (QED) is 0.487. The average molecular weight is 437 g/mol. The van der Waals surface area contributed by atoms with E-state index in [2.05, 4.69) is 15.0 Å². The first kappa shape index (κ1) is 20.1. The second-order valence-electron chi connectivity index (χ2n) is 7.66. The van der Waals surface area contributed by atoms with Crippen molar-refractivity contribution in [1.29, 1.82) is 0 Å². The van der Waals surface area contributed by atoms with E-state index < -0.39 is 6.36 Å². The first-order valence-electron chi connectivity index (χ1n) is 10.00. The van der Waals surface area contributed by atoms with Crippen LogP contribution in [0.25, 0.3) is 22.2 Å². The van der Waals surface area contributed by atoms with E-state index in [-0.39, 0.29) is 17.2 Å². The lowest BCUT2D eigenvalue weighted by Gasteiger charge is -2.14. The van der Waals surface area contributed by atoms with Crippen LogP contribution in [0.3, 0.4) is 0 Å². The maximum absolute atomic E-state index is 13.2. The number of anilines is 1. The van der Waals surface area contributed by atoms with E-state index in [1.807, 2.05) is 42.5 Å². The number of benzene rings is 3. The van der Waals surface area contributed by atoms with E-state index in [0.717, 1.165) is 16.8 Å². The lowest BCUT2D eigenvalue weighted by molar-refractivity contribution is -0.274. The molecule has 1 atom stereocenters. The van der Waals surface area contributed by atoms with Gasteiger partial charge in [-0.05, 0) is 47.0 Å². The fourth-order valence-corrected chi connectivity index (χ4v) is 4.13. The van der Waals surface area contributed by atoms with Gasteiger partial charge < -0.3 is 14.6 Å². The van der Waals surface area contributed by atoms with Gasteiger partial charge in [-0.1, -0.05) is 36.4 Å². The molecule has 1 unspecified atom stereocenters. The van der Waals surface area contributed by atoms with Crippen molar-refractivity contribution in [2.75, 3.05) is 11.9 Å². The molecule has 1 N–H and O–H groups in total. The predicted octanol–water partition coefficient (Wildman–Crippen LogP) is 5.06. The number of nitrogens with one attached hydrogen (secondary N) is 1. The summed E-state index contributed by atoms with van der Waals surface area (Å²) in [5.41, 5.74) is 5.15. The molecule has 1 aliphatic rings. The van der Waals surface area contributed by atoms with Crippen LogP contribution in [-0.2, 0) is 7.05 Å². The van der Waals surface area contributed by atoms with E-state index in [4.69, 9.17) is 0 Å². The normalized spacial score (nSPS) is 15.4. The first-order chi connectivity index (χ1) is 15.3. The molecule has 0 fully saturated rings. The lowest BCUT2D eigenvalue weighted by Crippen LogP contribution is -2.26. The summed E-state index contributed by atoms with van der Waals surface area (Å²) in [6, 6.07) is 19.0. The van der Waals surface area contributed by atoms with Crippen LogP contribution in [0, 0.1) is 0 Å². The predicted molar refractivity (Wildman–Crippen MR) is 116 cm³/mol. The zero-order chi connectivity index (χ0) is 22.5. The van der Waals surface area contributed by atoms with Crippen LogP contribution < -0.4 is 15.6 Å². The highest BCUT2D eigenvalue weighted by Gasteiger charge is 2.31. The third kappa shape index (κ3) is 3.57. The number of aromatic nitrogens is 2. The lowest BCUT2D eigenvalue weighted by atomic mass is 9.97. The molecule has 1 aliphatic heterocycles. The number of rotatable bonds is 3. The summed E-state index contributed by atoms with van der Waals surface area (Å²) in [6.45, 7) is 0.609. The van der Waals surface area contributed by atoms with E-state index >= 15 is 0 Å². The Kier molecular flexibility index (Phi) is 4.65. The number of hydrogen-bond donors (Lipinski definition) is 1. The van der Waals surface area contributed by atoms with Gasteiger partial charge in [-0.2, -0.15) is 0 Å². The Bertz CT molecular complexity index is 1380. The van der Waals surface area contributed by atoms with Gasteiger partial charge in [0, 0.05) is 19.3 Å². The number of para-hydroxylation sites is 1. The van der Waals surface area contributed by atoms with Gasteiger partial charge in [-0.15, -0.1) is 13.2 Å². The molecule has 0 saturated carbocycles. The second kappa shape index (κ2) is 7.40. The van der Waals surface area contributed by atoms with Crippen LogP contribution in [-0.4, -0.2) is 22.5 Å². The van der Waals surface area contributed by atoms with Gasteiger partial charge >= 0.3 is 6.36 Å². The Labute approximate surface area is 181 Å². The Balaban J connectivity index is 1.53. The highest BCUT2D eigenvalue weighted by atomic mass is 19.4. The molecule has 5 rings (SSSR count). The topological polar surface area (TPSA) is 56.2 Å². The van der Waals surface area contributed by atoms with Crippen molar-refractivity contribution in [2.24, 2.45) is 7.05 Å². The molecule has 0 bridgehead atoms. The van der Waals surface area contributed by atoms with Crippen LogP contribution in [0.4, 0.5) is 18.9 Å². The Hall–Kier alpha value is -3.81. The van der Waals surface area contributed by atoms with Gasteiger partial charge in [0.2, 0.25) is 0 Å². The largest absolute Gasteiger partial charge is 0.573 e. The van der Waals surface area contributed by atoms with Crippen molar-refractivity contribution in [1.82, 2.24) is 9.55 Å².